The monoisotopic (exact) mass is 223 g/mol. The van der Waals surface area contributed by atoms with E-state index < -0.39 is 0 Å². The molecule has 0 radical (unpaired) electrons. The van der Waals surface area contributed by atoms with Crippen LogP contribution in [0.5, 0.6) is 5.88 Å². The van der Waals surface area contributed by atoms with Crippen LogP contribution in [0.15, 0.2) is 18.3 Å². The minimum Gasteiger partial charge on any atom is -0.477 e. The highest BCUT2D eigenvalue weighted by Crippen LogP contribution is 2.23. The zero-order chi connectivity index (χ0) is 11.8. The molecule has 0 unspecified atom stereocenters. The number of pyridine rings is 1. The molecule has 90 valence electrons. The summed E-state index contributed by atoms with van der Waals surface area (Å²) in [4.78, 5) is 4.25. The summed E-state index contributed by atoms with van der Waals surface area (Å²) < 4.78 is 10.9. The molecule has 0 N–H and O–H groups in total. The van der Waals surface area contributed by atoms with Crippen molar-refractivity contribution in [3.63, 3.8) is 0 Å². The van der Waals surface area contributed by atoms with Gasteiger partial charge in [0.2, 0.25) is 5.88 Å². The lowest BCUT2D eigenvalue weighted by Gasteiger charge is -2.12. The highest BCUT2D eigenvalue weighted by molar-refractivity contribution is 5.28. The van der Waals surface area contributed by atoms with Gasteiger partial charge in [-0.3, -0.25) is 0 Å². The van der Waals surface area contributed by atoms with Crippen molar-refractivity contribution < 1.29 is 9.47 Å². The van der Waals surface area contributed by atoms with E-state index in [1.807, 2.05) is 13.0 Å². The average Bonchev–Trinajstić information content (AvgIpc) is 2.29. The summed E-state index contributed by atoms with van der Waals surface area (Å²) >= 11 is 0. The van der Waals surface area contributed by atoms with Crippen molar-refractivity contribution in [1.82, 2.24) is 4.98 Å². The highest BCUT2D eigenvalue weighted by Gasteiger charge is 2.07. The summed E-state index contributed by atoms with van der Waals surface area (Å²) in [6.45, 7) is 8.46. The van der Waals surface area contributed by atoms with E-state index in [-0.39, 0.29) is 0 Å². The Morgan fingerprint density at radius 1 is 1.31 bits per heavy atom. The maximum Gasteiger partial charge on any atom is 0.216 e. The molecule has 0 atom stereocenters. The molecule has 0 saturated heterocycles. The van der Waals surface area contributed by atoms with Gasteiger partial charge in [0.1, 0.15) is 0 Å². The van der Waals surface area contributed by atoms with Crippen molar-refractivity contribution in [3.05, 3.63) is 23.9 Å². The van der Waals surface area contributed by atoms with Crippen molar-refractivity contribution in [3.8, 4) is 5.88 Å². The molecule has 0 aliphatic rings. The smallest absolute Gasteiger partial charge is 0.216 e. The maximum atomic E-state index is 5.65. The summed E-state index contributed by atoms with van der Waals surface area (Å²) in [5, 5.41) is 0. The van der Waals surface area contributed by atoms with Gasteiger partial charge in [-0.15, -0.1) is 0 Å². The Bertz CT molecular complexity index is 300. The van der Waals surface area contributed by atoms with Gasteiger partial charge in [-0.2, -0.15) is 0 Å². The van der Waals surface area contributed by atoms with Crippen molar-refractivity contribution >= 4 is 0 Å². The Morgan fingerprint density at radius 2 is 2.12 bits per heavy atom. The quantitative estimate of drug-likeness (QED) is 0.666. The first-order valence-corrected chi connectivity index (χ1v) is 5.91. The van der Waals surface area contributed by atoms with Crippen LogP contribution in [-0.2, 0) is 4.74 Å². The number of hydrogen-bond acceptors (Lipinski definition) is 3. The van der Waals surface area contributed by atoms with Crippen LogP contribution in [0.4, 0.5) is 0 Å². The SMILES string of the molecule is CCOCCCOc1ncccc1C(C)C. The summed E-state index contributed by atoms with van der Waals surface area (Å²) in [6.07, 6.45) is 2.67. The molecule has 16 heavy (non-hydrogen) atoms. The van der Waals surface area contributed by atoms with Gasteiger partial charge in [0.15, 0.2) is 0 Å². The van der Waals surface area contributed by atoms with E-state index in [0.29, 0.717) is 12.5 Å². The van der Waals surface area contributed by atoms with Crippen molar-refractivity contribution in [2.45, 2.75) is 33.1 Å². The molecule has 1 aromatic rings. The van der Waals surface area contributed by atoms with Crippen LogP contribution in [0.1, 0.15) is 38.7 Å². The third kappa shape index (κ3) is 4.19. The van der Waals surface area contributed by atoms with E-state index in [4.69, 9.17) is 9.47 Å². The average molecular weight is 223 g/mol. The van der Waals surface area contributed by atoms with Crippen LogP contribution in [0.3, 0.4) is 0 Å². The zero-order valence-corrected chi connectivity index (χ0v) is 10.4. The van der Waals surface area contributed by atoms with E-state index in [2.05, 4.69) is 24.9 Å². The second kappa shape index (κ2) is 7.23. The molecule has 0 bridgehead atoms. The van der Waals surface area contributed by atoms with Gasteiger partial charge in [-0.25, -0.2) is 4.98 Å². The number of rotatable bonds is 7. The van der Waals surface area contributed by atoms with Crippen LogP contribution in [0.2, 0.25) is 0 Å². The Kier molecular flexibility index (Phi) is 5.86. The number of aromatic nitrogens is 1. The zero-order valence-electron chi connectivity index (χ0n) is 10.4. The third-order valence-corrected chi connectivity index (χ3v) is 2.30. The van der Waals surface area contributed by atoms with E-state index in [9.17, 15) is 0 Å². The molecular weight excluding hydrogens is 202 g/mol. The number of ether oxygens (including phenoxy) is 2. The molecule has 1 rings (SSSR count). The molecule has 0 fully saturated rings. The van der Waals surface area contributed by atoms with E-state index in [1.165, 1.54) is 5.56 Å². The van der Waals surface area contributed by atoms with Gasteiger partial charge in [0.05, 0.1) is 6.61 Å². The molecule has 3 heteroatoms. The molecule has 1 aromatic heterocycles. The Balaban J connectivity index is 2.41. The summed E-state index contributed by atoms with van der Waals surface area (Å²) in [5.41, 5.74) is 1.17. The lowest BCUT2D eigenvalue weighted by atomic mass is 10.1. The van der Waals surface area contributed by atoms with Gasteiger partial charge in [-0.1, -0.05) is 19.9 Å². The fraction of sp³-hybridized carbons (Fsp3) is 0.615. The molecule has 1 heterocycles. The van der Waals surface area contributed by atoms with Gasteiger partial charge in [-0.05, 0) is 18.9 Å². The second-order valence-corrected chi connectivity index (χ2v) is 3.95. The first-order valence-electron chi connectivity index (χ1n) is 5.91. The van der Waals surface area contributed by atoms with Crippen molar-refractivity contribution in [2.24, 2.45) is 0 Å². The molecule has 0 spiro atoms. The predicted molar refractivity (Wildman–Crippen MR) is 64.9 cm³/mol. The Morgan fingerprint density at radius 3 is 2.81 bits per heavy atom. The minimum absolute atomic E-state index is 0.440. The lowest BCUT2D eigenvalue weighted by molar-refractivity contribution is 0.129. The molecule has 0 aliphatic carbocycles. The largest absolute Gasteiger partial charge is 0.477 e. The van der Waals surface area contributed by atoms with Crippen LogP contribution in [-0.4, -0.2) is 24.8 Å². The number of nitrogens with zero attached hydrogens (tertiary/aromatic N) is 1. The van der Waals surface area contributed by atoms with Gasteiger partial charge < -0.3 is 9.47 Å². The first kappa shape index (κ1) is 13.0. The van der Waals surface area contributed by atoms with Crippen molar-refractivity contribution in [1.29, 1.82) is 0 Å². The van der Waals surface area contributed by atoms with E-state index in [1.54, 1.807) is 6.20 Å². The maximum absolute atomic E-state index is 5.65. The lowest BCUT2D eigenvalue weighted by Crippen LogP contribution is -2.06. The summed E-state index contributed by atoms with van der Waals surface area (Å²) in [7, 11) is 0. The molecule has 0 aromatic carbocycles. The summed E-state index contributed by atoms with van der Waals surface area (Å²) in [5.74, 6) is 1.20. The molecule has 3 nitrogen and oxygen atoms in total. The normalized spacial score (nSPS) is 10.8. The van der Waals surface area contributed by atoms with Gasteiger partial charge in [0.25, 0.3) is 0 Å². The Hall–Kier alpha value is -1.09. The summed E-state index contributed by atoms with van der Waals surface area (Å²) in [6, 6.07) is 4.01. The standard InChI is InChI=1S/C13H21NO2/c1-4-15-9-6-10-16-13-12(11(2)3)7-5-8-14-13/h5,7-8,11H,4,6,9-10H2,1-3H3. The highest BCUT2D eigenvalue weighted by atomic mass is 16.5. The van der Waals surface area contributed by atoms with Crippen LogP contribution in [0.25, 0.3) is 0 Å². The molecule has 0 amide bonds. The Labute approximate surface area is 97.8 Å². The molecule has 0 aliphatic heterocycles. The van der Waals surface area contributed by atoms with Crippen LogP contribution >= 0.6 is 0 Å². The van der Waals surface area contributed by atoms with E-state index in [0.717, 1.165) is 25.5 Å². The first-order chi connectivity index (χ1) is 7.75. The van der Waals surface area contributed by atoms with Gasteiger partial charge >= 0.3 is 0 Å². The fourth-order valence-corrected chi connectivity index (χ4v) is 1.44. The molecular formula is C13H21NO2. The van der Waals surface area contributed by atoms with E-state index >= 15 is 0 Å². The van der Waals surface area contributed by atoms with Crippen LogP contribution in [0, 0.1) is 0 Å². The fourth-order valence-electron chi connectivity index (χ4n) is 1.44. The minimum atomic E-state index is 0.440. The second-order valence-electron chi connectivity index (χ2n) is 3.95. The third-order valence-electron chi connectivity index (χ3n) is 2.30. The van der Waals surface area contributed by atoms with Crippen molar-refractivity contribution in [2.75, 3.05) is 19.8 Å². The topological polar surface area (TPSA) is 31.4 Å². The van der Waals surface area contributed by atoms with Gasteiger partial charge in [0, 0.05) is 31.4 Å². The van der Waals surface area contributed by atoms with Crippen LogP contribution < -0.4 is 4.74 Å². The predicted octanol–water partition coefficient (Wildman–Crippen LogP) is 3.01. The number of hydrogen-bond donors (Lipinski definition) is 0. The molecule has 0 saturated carbocycles.